The summed E-state index contributed by atoms with van der Waals surface area (Å²) >= 11 is 0. The molecule has 0 aromatic heterocycles. The molecule has 1 unspecified atom stereocenters. The lowest BCUT2D eigenvalue weighted by Gasteiger charge is -2.24. The van der Waals surface area contributed by atoms with Crippen LogP contribution in [0.2, 0.25) is 0 Å². The van der Waals surface area contributed by atoms with E-state index in [1.807, 2.05) is 6.92 Å². The molecule has 0 aliphatic carbocycles. The van der Waals surface area contributed by atoms with E-state index < -0.39 is 0 Å². The smallest absolute Gasteiger partial charge is 0.253 e. The Kier molecular flexibility index (Phi) is 5.01. The molecule has 100 valence electrons. The topological polar surface area (TPSA) is 66.6 Å². The Morgan fingerprint density at radius 3 is 2.61 bits per heavy atom. The van der Waals surface area contributed by atoms with Crippen molar-refractivity contribution < 1.29 is 9.90 Å². The fourth-order valence-corrected chi connectivity index (χ4v) is 1.72. The van der Waals surface area contributed by atoms with Gasteiger partial charge in [0.15, 0.2) is 0 Å². The number of carbonyl (C=O) groups excluding carboxylic acids is 1. The minimum atomic E-state index is -0.0619. The third kappa shape index (κ3) is 3.39. The SMILES string of the molecule is CCC(C)CN(CC)C(=O)c1ccc(N)c(O)c1. The Hall–Kier alpha value is -1.71. The van der Waals surface area contributed by atoms with Crippen LogP contribution in [0.5, 0.6) is 5.75 Å². The van der Waals surface area contributed by atoms with E-state index in [0.29, 0.717) is 18.0 Å². The molecule has 4 heteroatoms. The summed E-state index contributed by atoms with van der Waals surface area (Å²) in [4.78, 5) is 14.1. The van der Waals surface area contributed by atoms with Crippen LogP contribution in [0.4, 0.5) is 5.69 Å². The molecule has 3 N–H and O–H groups in total. The molecule has 1 atom stereocenters. The fraction of sp³-hybridized carbons (Fsp3) is 0.500. The maximum atomic E-state index is 12.3. The molecule has 1 aromatic rings. The molecule has 0 radical (unpaired) electrons. The van der Waals surface area contributed by atoms with Crippen molar-refractivity contribution in [2.24, 2.45) is 5.92 Å². The van der Waals surface area contributed by atoms with Crippen molar-refractivity contribution in [2.75, 3.05) is 18.8 Å². The van der Waals surface area contributed by atoms with Crippen LogP contribution in [0, 0.1) is 5.92 Å². The fourth-order valence-electron chi connectivity index (χ4n) is 1.72. The first-order valence-electron chi connectivity index (χ1n) is 6.37. The average molecular weight is 250 g/mol. The van der Waals surface area contributed by atoms with Gasteiger partial charge < -0.3 is 15.7 Å². The number of aromatic hydroxyl groups is 1. The number of nitrogens with two attached hydrogens (primary N) is 1. The first-order chi connectivity index (χ1) is 8.49. The molecule has 0 aliphatic heterocycles. The Bertz CT molecular complexity index is 418. The van der Waals surface area contributed by atoms with E-state index in [1.54, 1.807) is 17.0 Å². The molecule has 0 spiro atoms. The van der Waals surface area contributed by atoms with Crippen LogP contribution in [0.3, 0.4) is 0 Å². The number of nitrogens with zero attached hydrogens (tertiary/aromatic N) is 1. The summed E-state index contributed by atoms with van der Waals surface area (Å²) in [6.45, 7) is 7.58. The molecule has 0 saturated carbocycles. The van der Waals surface area contributed by atoms with Crippen LogP contribution in [-0.4, -0.2) is 29.0 Å². The summed E-state index contributed by atoms with van der Waals surface area (Å²) in [7, 11) is 0. The molecule has 0 fully saturated rings. The molecule has 4 nitrogen and oxygen atoms in total. The largest absolute Gasteiger partial charge is 0.506 e. The monoisotopic (exact) mass is 250 g/mol. The number of hydrogen-bond donors (Lipinski definition) is 2. The first-order valence-corrected chi connectivity index (χ1v) is 6.37. The summed E-state index contributed by atoms with van der Waals surface area (Å²) in [6, 6.07) is 4.63. The first kappa shape index (κ1) is 14.4. The highest BCUT2D eigenvalue weighted by Crippen LogP contribution is 2.21. The second-order valence-electron chi connectivity index (χ2n) is 4.63. The van der Waals surface area contributed by atoms with E-state index in [4.69, 9.17) is 5.73 Å². The summed E-state index contributed by atoms with van der Waals surface area (Å²) in [5.74, 6) is 0.366. The zero-order valence-electron chi connectivity index (χ0n) is 11.3. The van der Waals surface area contributed by atoms with Gasteiger partial charge >= 0.3 is 0 Å². The van der Waals surface area contributed by atoms with Gasteiger partial charge in [-0.25, -0.2) is 0 Å². The second kappa shape index (κ2) is 6.28. The number of hydrogen-bond acceptors (Lipinski definition) is 3. The van der Waals surface area contributed by atoms with Crippen molar-refractivity contribution >= 4 is 11.6 Å². The molecule has 0 heterocycles. The summed E-state index contributed by atoms with van der Waals surface area (Å²) in [5.41, 5.74) is 6.29. The molecular formula is C14H22N2O2. The quantitative estimate of drug-likeness (QED) is 0.623. The molecule has 0 aliphatic rings. The van der Waals surface area contributed by atoms with Gasteiger partial charge in [0.2, 0.25) is 0 Å². The number of benzene rings is 1. The Morgan fingerprint density at radius 2 is 2.11 bits per heavy atom. The second-order valence-corrected chi connectivity index (χ2v) is 4.63. The maximum absolute atomic E-state index is 12.3. The van der Waals surface area contributed by atoms with Gasteiger partial charge in [-0.3, -0.25) is 4.79 Å². The van der Waals surface area contributed by atoms with E-state index in [2.05, 4.69) is 13.8 Å². The van der Waals surface area contributed by atoms with Crippen molar-refractivity contribution in [3.63, 3.8) is 0 Å². The van der Waals surface area contributed by atoms with Gasteiger partial charge in [-0.05, 0) is 31.0 Å². The van der Waals surface area contributed by atoms with Crippen molar-refractivity contribution in [1.82, 2.24) is 4.90 Å². The van der Waals surface area contributed by atoms with Crippen LogP contribution in [0.1, 0.15) is 37.6 Å². The van der Waals surface area contributed by atoms with E-state index in [1.165, 1.54) is 6.07 Å². The average Bonchev–Trinajstić information content (AvgIpc) is 2.38. The van der Waals surface area contributed by atoms with Crippen molar-refractivity contribution in [3.8, 4) is 5.75 Å². The lowest BCUT2D eigenvalue weighted by Crippen LogP contribution is -2.34. The molecule has 0 bridgehead atoms. The van der Waals surface area contributed by atoms with Crippen molar-refractivity contribution in [2.45, 2.75) is 27.2 Å². The normalized spacial score (nSPS) is 12.2. The van der Waals surface area contributed by atoms with Crippen molar-refractivity contribution in [1.29, 1.82) is 0 Å². The number of nitrogen functional groups attached to an aromatic ring is 1. The van der Waals surface area contributed by atoms with Crippen molar-refractivity contribution in [3.05, 3.63) is 23.8 Å². The minimum Gasteiger partial charge on any atom is -0.506 e. The summed E-state index contributed by atoms with van der Waals surface area (Å²) in [6.07, 6.45) is 1.04. The lowest BCUT2D eigenvalue weighted by atomic mass is 10.1. The number of phenols is 1. The van der Waals surface area contributed by atoms with Gasteiger partial charge in [-0.15, -0.1) is 0 Å². The highest BCUT2D eigenvalue weighted by molar-refractivity contribution is 5.95. The zero-order valence-corrected chi connectivity index (χ0v) is 11.3. The van der Waals surface area contributed by atoms with Gasteiger partial charge in [0.05, 0.1) is 5.69 Å². The van der Waals surface area contributed by atoms with Crippen LogP contribution >= 0.6 is 0 Å². The maximum Gasteiger partial charge on any atom is 0.253 e. The van der Waals surface area contributed by atoms with Gasteiger partial charge in [-0.2, -0.15) is 0 Å². The van der Waals surface area contributed by atoms with E-state index in [0.717, 1.165) is 13.0 Å². The highest BCUT2D eigenvalue weighted by atomic mass is 16.3. The number of amides is 1. The Morgan fingerprint density at radius 1 is 1.44 bits per heavy atom. The van der Waals surface area contributed by atoms with Crippen LogP contribution in [-0.2, 0) is 0 Å². The highest BCUT2D eigenvalue weighted by Gasteiger charge is 2.16. The summed E-state index contributed by atoms with van der Waals surface area (Å²) in [5, 5.41) is 9.54. The molecular weight excluding hydrogens is 228 g/mol. The van der Waals surface area contributed by atoms with E-state index >= 15 is 0 Å². The number of rotatable bonds is 5. The molecule has 1 amide bonds. The van der Waals surface area contributed by atoms with Gasteiger partial charge in [0, 0.05) is 18.7 Å². The predicted molar refractivity (Wildman–Crippen MR) is 73.6 cm³/mol. The van der Waals surface area contributed by atoms with E-state index in [9.17, 15) is 9.90 Å². The van der Waals surface area contributed by atoms with Crippen LogP contribution in [0.15, 0.2) is 18.2 Å². The predicted octanol–water partition coefficient (Wildman–Crippen LogP) is 2.48. The Labute approximate surface area is 108 Å². The molecule has 0 saturated heterocycles. The van der Waals surface area contributed by atoms with Gasteiger partial charge in [-0.1, -0.05) is 20.3 Å². The molecule has 1 rings (SSSR count). The molecule has 18 heavy (non-hydrogen) atoms. The Balaban J connectivity index is 2.86. The minimum absolute atomic E-state index is 0.0413. The standard InChI is InChI=1S/C14H22N2O2/c1-4-10(3)9-16(5-2)14(18)11-6-7-12(15)13(17)8-11/h6-8,10,17H,4-5,9,15H2,1-3H3. The number of carbonyl (C=O) groups is 1. The van der Waals surface area contributed by atoms with Gasteiger partial charge in [0.1, 0.15) is 5.75 Å². The lowest BCUT2D eigenvalue weighted by molar-refractivity contribution is 0.0740. The number of anilines is 1. The molecule has 1 aromatic carbocycles. The third-order valence-electron chi connectivity index (χ3n) is 3.18. The van der Waals surface area contributed by atoms with Crippen LogP contribution < -0.4 is 5.73 Å². The summed E-state index contributed by atoms with van der Waals surface area (Å²) < 4.78 is 0. The van der Waals surface area contributed by atoms with Gasteiger partial charge in [0.25, 0.3) is 5.91 Å². The van der Waals surface area contributed by atoms with Crippen LogP contribution in [0.25, 0.3) is 0 Å². The number of phenolic OH excluding ortho intramolecular Hbond substituents is 1. The van der Waals surface area contributed by atoms with E-state index in [-0.39, 0.29) is 17.3 Å². The third-order valence-corrected chi connectivity index (χ3v) is 3.18. The zero-order chi connectivity index (χ0) is 13.7.